The topological polar surface area (TPSA) is 130 Å². The predicted molar refractivity (Wildman–Crippen MR) is 71.0 cm³/mol. The Morgan fingerprint density at radius 2 is 1.85 bits per heavy atom. The van der Waals surface area contributed by atoms with Gasteiger partial charge in [0.1, 0.15) is 6.04 Å². The Bertz CT molecular complexity index is 372. The summed E-state index contributed by atoms with van der Waals surface area (Å²) in [6.45, 7) is 0. The van der Waals surface area contributed by atoms with Gasteiger partial charge in [-0.25, -0.2) is 4.79 Å². The van der Waals surface area contributed by atoms with E-state index in [-0.39, 0.29) is 37.1 Å². The first-order valence-corrected chi connectivity index (χ1v) is 6.92. The van der Waals surface area contributed by atoms with E-state index in [0.717, 1.165) is 19.3 Å². The smallest absolute Gasteiger partial charge is 0.326 e. The minimum Gasteiger partial charge on any atom is -0.481 e. The van der Waals surface area contributed by atoms with Gasteiger partial charge in [-0.3, -0.25) is 9.59 Å². The number of carboxylic acid groups (broad SMARTS) is 2. The van der Waals surface area contributed by atoms with Crippen LogP contribution in [0.5, 0.6) is 0 Å². The molecule has 0 aromatic rings. The summed E-state index contributed by atoms with van der Waals surface area (Å²) < 4.78 is 0. The summed E-state index contributed by atoms with van der Waals surface area (Å²) >= 11 is 0. The fourth-order valence-electron chi connectivity index (χ4n) is 2.48. The van der Waals surface area contributed by atoms with Crippen LogP contribution in [-0.4, -0.2) is 40.1 Å². The van der Waals surface area contributed by atoms with Crippen LogP contribution in [0, 0.1) is 5.92 Å². The maximum absolute atomic E-state index is 12.0. The molecule has 1 aliphatic carbocycles. The van der Waals surface area contributed by atoms with Crippen molar-refractivity contribution < 1.29 is 24.6 Å². The highest BCUT2D eigenvalue weighted by Crippen LogP contribution is 2.23. The molecule has 2 unspecified atom stereocenters. The Balaban J connectivity index is 2.49. The molecule has 1 rings (SSSR count). The van der Waals surface area contributed by atoms with Gasteiger partial charge in [-0.05, 0) is 25.7 Å². The van der Waals surface area contributed by atoms with Crippen LogP contribution in [0.25, 0.3) is 0 Å². The molecule has 3 atom stereocenters. The van der Waals surface area contributed by atoms with Crippen LogP contribution >= 0.6 is 0 Å². The van der Waals surface area contributed by atoms with Gasteiger partial charge in [-0.2, -0.15) is 0 Å². The second-order valence-electron chi connectivity index (χ2n) is 5.24. The Morgan fingerprint density at radius 3 is 2.40 bits per heavy atom. The molecule has 1 amide bonds. The van der Waals surface area contributed by atoms with E-state index in [4.69, 9.17) is 15.9 Å². The molecule has 5 N–H and O–H groups in total. The largest absolute Gasteiger partial charge is 0.481 e. The molecule has 0 heterocycles. The standard InChI is InChI=1S/C13H22N2O5/c14-9-5-2-1-4-8(9)12(18)15-10(13(19)20)6-3-7-11(16)17/h8-10H,1-7,14H2,(H,15,18)(H,16,17)(H,19,20)/t8?,9?,10-/m1/s1. The maximum Gasteiger partial charge on any atom is 0.326 e. The molecule has 1 saturated carbocycles. The molecule has 7 nitrogen and oxygen atoms in total. The minimum atomic E-state index is -1.15. The number of hydrogen-bond donors (Lipinski definition) is 4. The molecule has 1 aliphatic rings. The monoisotopic (exact) mass is 286 g/mol. The van der Waals surface area contributed by atoms with Crippen LogP contribution < -0.4 is 11.1 Å². The lowest BCUT2D eigenvalue weighted by Gasteiger charge is -2.28. The van der Waals surface area contributed by atoms with E-state index in [1.165, 1.54) is 0 Å². The summed E-state index contributed by atoms with van der Waals surface area (Å²) in [5.74, 6) is -2.80. The van der Waals surface area contributed by atoms with Crippen LogP contribution in [0.1, 0.15) is 44.9 Å². The van der Waals surface area contributed by atoms with Gasteiger partial charge < -0.3 is 21.3 Å². The van der Waals surface area contributed by atoms with E-state index >= 15 is 0 Å². The second kappa shape index (κ2) is 7.84. The molecule has 20 heavy (non-hydrogen) atoms. The van der Waals surface area contributed by atoms with Crippen molar-refractivity contribution in [1.29, 1.82) is 0 Å². The predicted octanol–water partition coefficient (Wildman–Crippen LogP) is 0.328. The van der Waals surface area contributed by atoms with E-state index < -0.39 is 18.0 Å². The van der Waals surface area contributed by atoms with Gasteiger partial charge in [0.2, 0.25) is 5.91 Å². The van der Waals surface area contributed by atoms with Crippen molar-refractivity contribution >= 4 is 17.8 Å². The third kappa shape index (κ3) is 5.16. The van der Waals surface area contributed by atoms with Crippen LogP contribution in [-0.2, 0) is 14.4 Å². The van der Waals surface area contributed by atoms with E-state index in [0.29, 0.717) is 6.42 Å². The van der Waals surface area contributed by atoms with E-state index in [1.54, 1.807) is 0 Å². The van der Waals surface area contributed by atoms with Crippen molar-refractivity contribution in [1.82, 2.24) is 5.32 Å². The molecule has 0 spiro atoms. The van der Waals surface area contributed by atoms with E-state index in [1.807, 2.05) is 0 Å². The number of aliphatic carboxylic acids is 2. The van der Waals surface area contributed by atoms with Crippen molar-refractivity contribution in [2.45, 2.75) is 57.0 Å². The number of rotatable bonds is 7. The molecule has 7 heteroatoms. The number of carboxylic acids is 2. The zero-order chi connectivity index (χ0) is 15.1. The number of hydrogen-bond acceptors (Lipinski definition) is 4. The highest BCUT2D eigenvalue weighted by atomic mass is 16.4. The molecule has 0 aliphatic heterocycles. The van der Waals surface area contributed by atoms with Crippen molar-refractivity contribution in [3.05, 3.63) is 0 Å². The first-order valence-electron chi connectivity index (χ1n) is 6.92. The number of nitrogens with one attached hydrogen (secondary N) is 1. The van der Waals surface area contributed by atoms with Gasteiger partial charge in [-0.1, -0.05) is 12.8 Å². The normalized spacial score (nSPS) is 23.9. The first-order chi connectivity index (χ1) is 9.41. The number of amides is 1. The third-order valence-corrected chi connectivity index (χ3v) is 3.65. The summed E-state index contributed by atoms with van der Waals surface area (Å²) in [5.41, 5.74) is 5.89. The van der Waals surface area contributed by atoms with Crippen LogP contribution in [0.15, 0.2) is 0 Å². The van der Waals surface area contributed by atoms with Crippen molar-refractivity contribution in [3.8, 4) is 0 Å². The summed E-state index contributed by atoms with van der Waals surface area (Å²) in [6, 6.07) is -1.27. The maximum atomic E-state index is 12.0. The summed E-state index contributed by atoms with van der Waals surface area (Å²) in [4.78, 5) is 33.5. The Kier molecular flexibility index (Phi) is 6.44. The molecular weight excluding hydrogens is 264 g/mol. The van der Waals surface area contributed by atoms with Crippen molar-refractivity contribution in [3.63, 3.8) is 0 Å². The quantitative estimate of drug-likeness (QED) is 0.533. The van der Waals surface area contributed by atoms with Crippen LogP contribution in [0.4, 0.5) is 0 Å². The number of nitrogens with two attached hydrogens (primary N) is 1. The molecule has 0 aromatic carbocycles. The van der Waals surface area contributed by atoms with Crippen molar-refractivity contribution in [2.75, 3.05) is 0 Å². The number of carbonyl (C=O) groups is 3. The highest BCUT2D eigenvalue weighted by molar-refractivity contribution is 5.85. The molecule has 0 aromatic heterocycles. The summed E-state index contributed by atoms with van der Waals surface area (Å²) in [7, 11) is 0. The van der Waals surface area contributed by atoms with Gasteiger partial charge in [0.05, 0.1) is 5.92 Å². The lowest BCUT2D eigenvalue weighted by Crippen LogP contribution is -2.49. The SMILES string of the molecule is NC1CCCCC1C(=O)N[C@H](CCCC(=O)O)C(=O)O. The van der Waals surface area contributed by atoms with Gasteiger partial charge in [0.25, 0.3) is 0 Å². The number of carbonyl (C=O) groups excluding carboxylic acids is 1. The minimum absolute atomic E-state index is 0.106. The Labute approximate surface area is 117 Å². The Morgan fingerprint density at radius 1 is 1.20 bits per heavy atom. The van der Waals surface area contributed by atoms with Crippen LogP contribution in [0.2, 0.25) is 0 Å². The van der Waals surface area contributed by atoms with Gasteiger partial charge in [-0.15, -0.1) is 0 Å². The average molecular weight is 286 g/mol. The average Bonchev–Trinajstić information content (AvgIpc) is 2.37. The molecular formula is C13H22N2O5. The first kappa shape index (κ1) is 16.4. The van der Waals surface area contributed by atoms with Gasteiger partial charge >= 0.3 is 11.9 Å². The lowest BCUT2D eigenvalue weighted by atomic mass is 9.84. The molecule has 1 fully saturated rings. The Hall–Kier alpha value is -1.63. The second-order valence-corrected chi connectivity index (χ2v) is 5.24. The molecule has 0 saturated heterocycles. The molecule has 0 bridgehead atoms. The van der Waals surface area contributed by atoms with Gasteiger partial charge in [0.15, 0.2) is 0 Å². The third-order valence-electron chi connectivity index (χ3n) is 3.65. The van der Waals surface area contributed by atoms with E-state index in [9.17, 15) is 14.4 Å². The van der Waals surface area contributed by atoms with Gasteiger partial charge in [0, 0.05) is 12.5 Å². The fraction of sp³-hybridized carbons (Fsp3) is 0.769. The van der Waals surface area contributed by atoms with Crippen LogP contribution in [0.3, 0.4) is 0 Å². The zero-order valence-electron chi connectivity index (χ0n) is 11.4. The zero-order valence-corrected chi connectivity index (χ0v) is 11.4. The lowest BCUT2D eigenvalue weighted by molar-refractivity contribution is -0.143. The van der Waals surface area contributed by atoms with E-state index in [2.05, 4.69) is 5.32 Å². The summed E-state index contributed by atoms with van der Waals surface area (Å²) in [6.07, 6.45) is 3.57. The van der Waals surface area contributed by atoms with Crippen molar-refractivity contribution in [2.24, 2.45) is 11.7 Å². The fourth-order valence-corrected chi connectivity index (χ4v) is 2.48. The highest BCUT2D eigenvalue weighted by Gasteiger charge is 2.30. The summed E-state index contributed by atoms with van der Waals surface area (Å²) in [5, 5.41) is 20.1. The molecule has 114 valence electrons. The molecule has 0 radical (unpaired) electrons.